The Morgan fingerprint density at radius 1 is 1.10 bits per heavy atom. The van der Waals surface area contributed by atoms with Gasteiger partial charge in [0.25, 0.3) is 0 Å². The zero-order valence-corrected chi connectivity index (χ0v) is 11.5. The molecule has 3 aromatic heterocycles. The molecule has 0 saturated carbocycles. The Labute approximate surface area is 126 Å². The zero-order valence-electron chi connectivity index (χ0n) is 14.7. The molecular weight excluding hydrogens is 264 g/mol. The van der Waals surface area contributed by atoms with Crippen LogP contribution in [0.25, 0.3) is 31.6 Å². The normalized spacial score (nSPS) is 14.1. The van der Waals surface area contributed by atoms with E-state index in [1.54, 1.807) is 0 Å². The van der Waals surface area contributed by atoms with Crippen LogP contribution >= 0.6 is 11.3 Å². The number of benzene rings is 1. The van der Waals surface area contributed by atoms with Crippen LogP contribution in [0.3, 0.4) is 0 Å². The number of aryl methyl sites for hydroxylation is 1. The van der Waals surface area contributed by atoms with Crippen molar-refractivity contribution in [1.29, 1.82) is 0 Å². The first-order valence-corrected chi connectivity index (χ1v) is 7.02. The number of rotatable bonds is 1. The van der Waals surface area contributed by atoms with Crippen LogP contribution in [-0.4, -0.2) is 9.97 Å². The lowest BCUT2D eigenvalue weighted by Gasteiger charge is -2.01. The molecule has 96 valence electrons. The molecule has 1 aromatic carbocycles. The highest BCUT2D eigenvalue weighted by Gasteiger charge is 2.11. The summed E-state index contributed by atoms with van der Waals surface area (Å²) in [6, 6.07) is 9.02. The fourth-order valence-corrected chi connectivity index (χ4v) is 3.55. The smallest absolute Gasteiger partial charge is 0.124 e. The molecule has 4 rings (SSSR count). The maximum atomic E-state index is 8.15. The summed E-state index contributed by atoms with van der Waals surface area (Å²) in [5.74, 6) is 0. The standard InChI is InChI=1S/C17H12N2S/c1-11-8-9-13-12-5-4-6-14(15-7-2-3-10-18-15)16(12)20-17(13)19-11/h2-10H,1H3/i2D,3D,7D,10D. The lowest BCUT2D eigenvalue weighted by molar-refractivity contribution is 1.27. The molecule has 0 aliphatic rings. The van der Waals surface area contributed by atoms with Crippen molar-refractivity contribution in [2.24, 2.45) is 0 Å². The Kier molecular flexibility index (Phi) is 1.78. The third-order valence-electron chi connectivity index (χ3n) is 3.23. The number of aromatic nitrogens is 2. The number of fused-ring (bicyclic) bond motifs is 3. The van der Waals surface area contributed by atoms with Gasteiger partial charge in [0.05, 0.1) is 11.2 Å². The maximum absolute atomic E-state index is 8.15. The van der Waals surface area contributed by atoms with Gasteiger partial charge in [-0.2, -0.15) is 0 Å². The highest BCUT2D eigenvalue weighted by atomic mass is 32.1. The third kappa shape index (κ3) is 1.71. The van der Waals surface area contributed by atoms with Crippen LogP contribution in [0.5, 0.6) is 0 Å². The van der Waals surface area contributed by atoms with Crippen molar-refractivity contribution in [3.8, 4) is 11.3 Å². The van der Waals surface area contributed by atoms with E-state index in [0.717, 1.165) is 26.0 Å². The van der Waals surface area contributed by atoms with Crippen molar-refractivity contribution < 1.29 is 5.48 Å². The van der Waals surface area contributed by atoms with Gasteiger partial charge in [-0.05, 0) is 31.1 Å². The molecule has 0 amide bonds. The molecule has 0 aliphatic carbocycles. The Morgan fingerprint density at radius 2 is 2.05 bits per heavy atom. The molecule has 0 unspecified atom stereocenters. The molecule has 3 heteroatoms. The lowest BCUT2D eigenvalue weighted by atomic mass is 10.1. The number of nitrogens with zero attached hydrogens (tertiary/aromatic N) is 2. The summed E-state index contributed by atoms with van der Waals surface area (Å²) in [6.07, 6.45) is -0.280. The van der Waals surface area contributed by atoms with Gasteiger partial charge in [-0.3, -0.25) is 4.98 Å². The van der Waals surface area contributed by atoms with Crippen molar-refractivity contribution in [3.05, 3.63) is 60.3 Å². The Hall–Kier alpha value is -2.26. The molecular formula is C17H12N2S. The number of thiophene rings is 1. The molecule has 0 radical (unpaired) electrons. The van der Waals surface area contributed by atoms with Gasteiger partial charge < -0.3 is 0 Å². The summed E-state index contributed by atoms with van der Waals surface area (Å²) in [7, 11) is 0. The van der Waals surface area contributed by atoms with E-state index in [-0.39, 0.29) is 30.0 Å². The van der Waals surface area contributed by atoms with Crippen molar-refractivity contribution in [1.82, 2.24) is 9.97 Å². The van der Waals surface area contributed by atoms with Gasteiger partial charge in [0.1, 0.15) is 4.83 Å². The summed E-state index contributed by atoms with van der Waals surface area (Å²) < 4.78 is 32.4. The summed E-state index contributed by atoms with van der Waals surface area (Å²) in [6.45, 7) is 1.94. The minimum Gasteiger partial charge on any atom is -0.256 e. The van der Waals surface area contributed by atoms with Crippen LogP contribution in [0.4, 0.5) is 0 Å². The topological polar surface area (TPSA) is 25.8 Å². The fourth-order valence-electron chi connectivity index (χ4n) is 2.32. The molecule has 20 heavy (non-hydrogen) atoms. The van der Waals surface area contributed by atoms with Gasteiger partial charge in [0, 0.05) is 32.9 Å². The monoisotopic (exact) mass is 280 g/mol. The average Bonchev–Trinajstić information content (AvgIpc) is 2.93. The van der Waals surface area contributed by atoms with Gasteiger partial charge in [-0.15, -0.1) is 11.3 Å². The van der Waals surface area contributed by atoms with Crippen LogP contribution in [0, 0.1) is 6.92 Å². The van der Waals surface area contributed by atoms with Gasteiger partial charge >= 0.3 is 0 Å². The molecule has 0 fully saturated rings. The molecule has 0 bridgehead atoms. The van der Waals surface area contributed by atoms with E-state index in [1.807, 2.05) is 37.3 Å². The van der Waals surface area contributed by atoms with Gasteiger partial charge in [0.2, 0.25) is 0 Å². The molecule has 0 aliphatic heterocycles. The van der Waals surface area contributed by atoms with Crippen LogP contribution in [0.1, 0.15) is 11.2 Å². The maximum Gasteiger partial charge on any atom is 0.124 e. The third-order valence-corrected chi connectivity index (χ3v) is 4.37. The number of hydrogen-bond acceptors (Lipinski definition) is 3. The summed E-state index contributed by atoms with van der Waals surface area (Å²) >= 11 is 1.52. The summed E-state index contributed by atoms with van der Waals surface area (Å²) in [5, 5.41) is 2.07. The first kappa shape index (κ1) is 8.12. The predicted octanol–water partition coefficient (Wildman–Crippen LogP) is 4.82. The van der Waals surface area contributed by atoms with Crippen LogP contribution < -0.4 is 0 Å². The minimum absolute atomic E-state index is 0.120. The second kappa shape index (κ2) is 4.39. The molecule has 0 atom stereocenters. The molecule has 4 aromatic rings. The van der Waals surface area contributed by atoms with Crippen LogP contribution in [0.15, 0.2) is 54.6 Å². The molecule has 2 nitrogen and oxygen atoms in total. The SMILES string of the molecule is [2H]c1nc(-c2cccc3c2sc2nc(C)ccc23)c([2H])c([2H])c1[2H]. The quantitative estimate of drug-likeness (QED) is 0.499. The van der Waals surface area contributed by atoms with Gasteiger partial charge in [-0.25, -0.2) is 4.98 Å². The molecule has 3 heterocycles. The summed E-state index contributed by atoms with van der Waals surface area (Å²) in [4.78, 5) is 9.58. The highest BCUT2D eigenvalue weighted by molar-refractivity contribution is 7.26. The first-order valence-electron chi connectivity index (χ1n) is 8.21. The number of hydrogen-bond donors (Lipinski definition) is 0. The van der Waals surface area contributed by atoms with E-state index >= 15 is 0 Å². The minimum atomic E-state index is -0.315. The average molecular weight is 280 g/mol. The largest absolute Gasteiger partial charge is 0.256 e. The highest BCUT2D eigenvalue weighted by Crippen LogP contribution is 2.38. The van der Waals surface area contributed by atoms with E-state index in [0.29, 0.717) is 5.56 Å². The molecule has 0 saturated heterocycles. The van der Waals surface area contributed by atoms with E-state index < -0.39 is 0 Å². The first-order chi connectivity index (χ1) is 11.5. The summed E-state index contributed by atoms with van der Waals surface area (Å²) in [5.41, 5.74) is 1.92. The van der Waals surface area contributed by atoms with Crippen molar-refractivity contribution in [3.63, 3.8) is 0 Å². The van der Waals surface area contributed by atoms with E-state index in [1.165, 1.54) is 11.3 Å². The second-order valence-electron chi connectivity index (χ2n) is 4.54. The van der Waals surface area contributed by atoms with Crippen LogP contribution in [0.2, 0.25) is 0 Å². The number of pyridine rings is 2. The van der Waals surface area contributed by atoms with E-state index in [4.69, 9.17) is 5.48 Å². The van der Waals surface area contributed by atoms with E-state index in [9.17, 15) is 0 Å². The van der Waals surface area contributed by atoms with E-state index in [2.05, 4.69) is 9.97 Å². The second-order valence-corrected chi connectivity index (χ2v) is 5.54. The fraction of sp³-hybridized carbons (Fsp3) is 0.0588. The van der Waals surface area contributed by atoms with Crippen molar-refractivity contribution >= 4 is 31.6 Å². The van der Waals surface area contributed by atoms with Gasteiger partial charge in [0.15, 0.2) is 0 Å². The molecule has 0 N–H and O–H groups in total. The lowest BCUT2D eigenvalue weighted by Crippen LogP contribution is -1.81. The van der Waals surface area contributed by atoms with Crippen molar-refractivity contribution in [2.45, 2.75) is 6.92 Å². The zero-order chi connectivity index (χ0) is 17.0. The predicted molar refractivity (Wildman–Crippen MR) is 85.1 cm³/mol. The Balaban J connectivity index is 2.10. The van der Waals surface area contributed by atoms with Gasteiger partial charge in [-0.1, -0.05) is 24.2 Å². The van der Waals surface area contributed by atoms with Crippen molar-refractivity contribution in [2.75, 3.05) is 0 Å². The van der Waals surface area contributed by atoms with Crippen LogP contribution in [-0.2, 0) is 0 Å². The Bertz CT molecular complexity index is 1120. The Morgan fingerprint density at radius 3 is 3.00 bits per heavy atom. The molecule has 0 spiro atoms.